The molecule has 0 aliphatic carbocycles. The van der Waals surface area contributed by atoms with E-state index in [0.29, 0.717) is 28.0 Å². The minimum absolute atomic E-state index is 0.0370. The third-order valence-corrected chi connectivity index (χ3v) is 6.37. The van der Waals surface area contributed by atoms with Crippen molar-refractivity contribution in [1.29, 1.82) is 0 Å². The van der Waals surface area contributed by atoms with Crippen LogP contribution in [0.5, 0.6) is 5.75 Å². The Morgan fingerprint density at radius 2 is 2.00 bits per heavy atom. The highest BCUT2D eigenvalue weighted by Crippen LogP contribution is 2.25. The van der Waals surface area contributed by atoms with Gasteiger partial charge in [0.05, 0.1) is 22.0 Å². The maximum absolute atomic E-state index is 13.4. The fraction of sp³-hybridized carbons (Fsp3) is 0.222. The Bertz CT molecular complexity index is 1530. The summed E-state index contributed by atoms with van der Waals surface area (Å²) in [7, 11) is 0. The Kier molecular flexibility index (Phi) is 7.59. The van der Waals surface area contributed by atoms with Crippen LogP contribution in [0.15, 0.2) is 75.0 Å². The summed E-state index contributed by atoms with van der Waals surface area (Å²) in [5.41, 5.74) is 2.62. The van der Waals surface area contributed by atoms with Crippen molar-refractivity contribution in [2.24, 2.45) is 5.10 Å². The molecule has 0 N–H and O–H groups in total. The topological polar surface area (TPSA) is 99.6 Å². The van der Waals surface area contributed by atoms with E-state index >= 15 is 0 Å². The number of hydrogen-bond donors (Lipinski definition) is 0. The average Bonchev–Trinajstić information content (AvgIpc) is 2.86. The minimum atomic E-state index is -0.479. The summed E-state index contributed by atoms with van der Waals surface area (Å²) in [6, 6.07) is 17.5. The van der Waals surface area contributed by atoms with Gasteiger partial charge in [0.25, 0.3) is 11.2 Å². The summed E-state index contributed by atoms with van der Waals surface area (Å²) < 4.78 is 8.02. The highest BCUT2D eigenvalue weighted by molar-refractivity contribution is 9.10. The fourth-order valence-corrected chi connectivity index (χ4v) is 4.10. The first kappa shape index (κ1) is 25.2. The van der Waals surface area contributed by atoms with Gasteiger partial charge in [0.2, 0.25) is 0 Å². The molecule has 0 bridgehead atoms. The summed E-state index contributed by atoms with van der Waals surface area (Å²) in [6.07, 6.45) is 2.17. The first-order valence-corrected chi connectivity index (χ1v) is 12.3. The molecule has 0 unspecified atom stereocenters. The van der Waals surface area contributed by atoms with Gasteiger partial charge in [-0.1, -0.05) is 59.6 Å². The summed E-state index contributed by atoms with van der Waals surface area (Å²) in [5.74, 6) is 0.895. The molecule has 0 amide bonds. The monoisotopic (exact) mass is 548 g/mol. The van der Waals surface area contributed by atoms with E-state index in [9.17, 15) is 14.9 Å². The van der Waals surface area contributed by atoms with Crippen LogP contribution in [-0.2, 0) is 6.61 Å². The fourth-order valence-electron chi connectivity index (χ4n) is 3.74. The first-order valence-electron chi connectivity index (χ1n) is 11.5. The lowest BCUT2D eigenvalue weighted by Crippen LogP contribution is -2.23. The van der Waals surface area contributed by atoms with E-state index in [-0.39, 0.29) is 23.8 Å². The van der Waals surface area contributed by atoms with Crippen LogP contribution >= 0.6 is 15.9 Å². The number of non-ortho nitro benzene ring substituents is 1. The number of aromatic nitrogens is 2. The number of rotatable bonds is 8. The average molecular weight is 549 g/mol. The van der Waals surface area contributed by atoms with Crippen molar-refractivity contribution >= 4 is 38.7 Å². The molecule has 1 heterocycles. The van der Waals surface area contributed by atoms with E-state index in [1.165, 1.54) is 23.0 Å². The number of benzene rings is 3. The van der Waals surface area contributed by atoms with E-state index in [4.69, 9.17) is 9.72 Å². The van der Waals surface area contributed by atoms with E-state index in [1.54, 1.807) is 18.2 Å². The number of hydrogen-bond acceptors (Lipinski definition) is 6. The zero-order valence-electron chi connectivity index (χ0n) is 20.1. The van der Waals surface area contributed by atoms with Crippen molar-refractivity contribution in [3.8, 4) is 5.75 Å². The van der Waals surface area contributed by atoms with Gasteiger partial charge in [-0.2, -0.15) is 9.78 Å². The summed E-state index contributed by atoms with van der Waals surface area (Å²) in [5, 5.41) is 16.3. The van der Waals surface area contributed by atoms with E-state index in [1.807, 2.05) is 51.1 Å². The third-order valence-electron chi connectivity index (χ3n) is 5.88. The number of nitro benzene ring substituents is 1. The van der Waals surface area contributed by atoms with Crippen LogP contribution in [0.1, 0.15) is 48.7 Å². The van der Waals surface area contributed by atoms with Gasteiger partial charge in [-0.25, -0.2) is 4.98 Å². The van der Waals surface area contributed by atoms with Crippen LogP contribution in [0.2, 0.25) is 0 Å². The Labute approximate surface area is 216 Å². The molecule has 0 fully saturated rings. The largest absolute Gasteiger partial charge is 0.488 e. The number of aryl methyl sites for hydroxylation is 1. The molecule has 0 aliphatic heterocycles. The maximum atomic E-state index is 13.4. The van der Waals surface area contributed by atoms with Gasteiger partial charge in [-0.3, -0.25) is 14.9 Å². The molecular weight excluding hydrogens is 524 g/mol. The number of nitrogens with zero attached hydrogens (tertiary/aromatic N) is 4. The Balaban J connectivity index is 1.79. The standard InChI is InChI=1S/C27H25BrN4O4/c1-4-18(3)26-30-24-10-8-21(28)14-23(24)27(33)31(26)29-15-20-13-22(32(34)35)9-11-25(20)36-16-19-7-5-6-17(2)12-19/h5-15,18H,4,16H2,1-3H3/t18-/m1/s1. The molecule has 0 spiro atoms. The van der Waals surface area contributed by atoms with Gasteiger partial charge < -0.3 is 4.74 Å². The molecule has 184 valence electrons. The molecule has 4 aromatic rings. The highest BCUT2D eigenvalue weighted by Gasteiger charge is 2.17. The lowest BCUT2D eigenvalue weighted by atomic mass is 10.1. The van der Waals surface area contributed by atoms with E-state index in [0.717, 1.165) is 22.0 Å². The molecule has 36 heavy (non-hydrogen) atoms. The second kappa shape index (κ2) is 10.8. The van der Waals surface area contributed by atoms with Crippen LogP contribution in [0, 0.1) is 17.0 Å². The smallest absolute Gasteiger partial charge is 0.282 e. The van der Waals surface area contributed by atoms with Gasteiger partial charge in [-0.15, -0.1) is 0 Å². The zero-order valence-corrected chi connectivity index (χ0v) is 21.7. The first-order chi connectivity index (χ1) is 17.3. The molecule has 1 aromatic heterocycles. The van der Waals surface area contributed by atoms with Crippen molar-refractivity contribution in [2.45, 2.75) is 39.7 Å². The Morgan fingerprint density at radius 1 is 1.19 bits per heavy atom. The summed E-state index contributed by atoms with van der Waals surface area (Å²) in [4.78, 5) is 29.0. The number of nitro groups is 1. The molecule has 9 heteroatoms. The quantitative estimate of drug-likeness (QED) is 0.145. The Morgan fingerprint density at radius 3 is 2.72 bits per heavy atom. The van der Waals surface area contributed by atoms with E-state index < -0.39 is 4.92 Å². The molecule has 8 nitrogen and oxygen atoms in total. The lowest BCUT2D eigenvalue weighted by molar-refractivity contribution is -0.384. The second-order valence-corrected chi connectivity index (χ2v) is 9.47. The maximum Gasteiger partial charge on any atom is 0.282 e. The van der Waals surface area contributed by atoms with Crippen LogP contribution in [0.3, 0.4) is 0 Å². The van der Waals surface area contributed by atoms with Gasteiger partial charge in [0.1, 0.15) is 18.2 Å². The van der Waals surface area contributed by atoms with Crippen molar-refractivity contribution in [1.82, 2.24) is 9.66 Å². The van der Waals surface area contributed by atoms with Gasteiger partial charge in [-0.05, 0) is 43.2 Å². The molecule has 1 atom stereocenters. The SMILES string of the molecule is CC[C@@H](C)c1nc2ccc(Br)cc2c(=O)n1N=Cc1cc([N+](=O)[O-])ccc1OCc1cccc(C)c1. The highest BCUT2D eigenvalue weighted by atomic mass is 79.9. The number of ether oxygens (including phenoxy) is 1. The predicted molar refractivity (Wildman–Crippen MR) is 144 cm³/mol. The van der Waals surface area contributed by atoms with Crippen LogP contribution in [0.25, 0.3) is 10.9 Å². The van der Waals surface area contributed by atoms with Crippen LogP contribution in [0.4, 0.5) is 5.69 Å². The van der Waals surface area contributed by atoms with Crippen molar-refractivity contribution < 1.29 is 9.66 Å². The molecule has 3 aromatic carbocycles. The molecule has 0 radical (unpaired) electrons. The molecule has 0 saturated heterocycles. The molecule has 4 rings (SSSR count). The van der Waals surface area contributed by atoms with Gasteiger partial charge in [0, 0.05) is 28.1 Å². The summed E-state index contributed by atoms with van der Waals surface area (Å²) >= 11 is 3.41. The molecule has 0 aliphatic rings. The number of fused-ring (bicyclic) bond motifs is 1. The van der Waals surface area contributed by atoms with Gasteiger partial charge >= 0.3 is 0 Å². The van der Waals surface area contributed by atoms with Crippen molar-refractivity contribution in [3.63, 3.8) is 0 Å². The normalized spacial score (nSPS) is 12.2. The Hall–Kier alpha value is -3.85. The molecular formula is C27H25BrN4O4. The van der Waals surface area contributed by atoms with Gasteiger partial charge in [0.15, 0.2) is 0 Å². The number of halogens is 1. The summed E-state index contributed by atoms with van der Waals surface area (Å²) in [6.45, 7) is 6.26. The van der Waals surface area contributed by atoms with E-state index in [2.05, 4.69) is 21.0 Å². The third kappa shape index (κ3) is 5.52. The van der Waals surface area contributed by atoms with Crippen LogP contribution < -0.4 is 10.3 Å². The van der Waals surface area contributed by atoms with Crippen LogP contribution in [-0.4, -0.2) is 20.8 Å². The predicted octanol–water partition coefficient (Wildman–Crippen LogP) is 6.35. The zero-order chi connectivity index (χ0) is 25.8. The lowest BCUT2D eigenvalue weighted by Gasteiger charge is -2.14. The minimum Gasteiger partial charge on any atom is -0.488 e. The van der Waals surface area contributed by atoms with Crippen molar-refractivity contribution in [2.75, 3.05) is 0 Å². The second-order valence-electron chi connectivity index (χ2n) is 8.56. The van der Waals surface area contributed by atoms with Crippen molar-refractivity contribution in [3.05, 3.63) is 108 Å². The molecule has 0 saturated carbocycles.